The number of aromatic nitrogens is 8. The number of fused-ring (bicyclic) bond motifs is 6. The van der Waals surface area contributed by atoms with E-state index in [1.807, 2.05) is 45.9 Å². The number of thiophene rings is 5. The van der Waals surface area contributed by atoms with E-state index in [0.717, 1.165) is 97.3 Å². The van der Waals surface area contributed by atoms with Crippen molar-refractivity contribution < 1.29 is 79.9 Å². The Morgan fingerprint density at radius 3 is 1.28 bits per heavy atom. The zero-order valence-corrected chi connectivity index (χ0v) is 73.9. The van der Waals surface area contributed by atoms with Gasteiger partial charge in [-0.3, -0.25) is 25.0 Å². The van der Waals surface area contributed by atoms with Crippen LogP contribution < -0.4 is 34.4 Å². The van der Waals surface area contributed by atoms with Crippen molar-refractivity contribution in [1.29, 1.82) is 5.41 Å². The van der Waals surface area contributed by atoms with Gasteiger partial charge in [0.1, 0.15) is 35.8 Å². The number of aryl methyl sites for hydroxylation is 4. The molecule has 0 bridgehead atoms. The average molecular weight is 1930 g/mol. The zero-order chi connectivity index (χ0) is 97.2. The molecule has 14 aromatic heterocycles. The maximum atomic E-state index is 14.0. The molecule has 4 aromatic carbocycles. The second-order valence-corrected chi connectivity index (χ2v) is 34.3. The summed E-state index contributed by atoms with van der Waals surface area (Å²) in [6.45, 7) is 31.2. The summed E-state index contributed by atoms with van der Waals surface area (Å²) in [6.07, 6.45) is -14.9. The van der Waals surface area contributed by atoms with E-state index >= 15 is 0 Å². The lowest BCUT2D eigenvalue weighted by molar-refractivity contribution is -0.137. The number of rotatable bonds is 10. The lowest BCUT2D eigenvalue weighted by Crippen LogP contribution is -2.11. The number of hydrogen-bond acceptors (Lipinski definition) is 22. The number of benzene rings is 4. The van der Waals surface area contributed by atoms with Crippen LogP contribution in [0.1, 0.15) is 94.6 Å². The Bertz CT molecular complexity index is 7750. The third-order valence-electron chi connectivity index (χ3n) is 19.9. The maximum Gasteiger partial charge on any atom is 0.417 e. The van der Waals surface area contributed by atoms with Crippen molar-refractivity contribution >= 4 is 181 Å². The number of furan rings is 1. The number of pyridine rings is 8. The molecule has 0 amide bonds. The number of carbonyl (C=O) groups is 2. The molecule has 0 aliphatic heterocycles. The number of ketones is 2. The van der Waals surface area contributed by atoms with Crippen LogP contribution in [0.4, 0.5) is 110 Å². The van der Waals surface area contributed by atoms with E-state index in [-0.39, 0.29) is 147 Å². The van der Waals surface area contributed by atoms with Crippen LogP contribution in [0.15, 0.2) is 193 Å². The number of Topliss-reactive ketones (excluding diaryl/α,β-unsaturated/α-hetero) is 2. The first-order valence-electron chi connectivity index (χ1n) is 38.6. The Balaban J connectivity index is 0.000000136. The minimum absolute atomic E-state index is 0.0105. The number of anilines is 5. The number of halogens is 15. The van der Waals surface area contributed by atoms with E-state index in [1.54, 1.807) is 116 Å². The average Bonchev–Trinajstić information content (AvgIpc) is 1.61. The minimum Gasteiger partial charge on any atom is -0.463 e. The first-order valence-corrected chi connectivity index (χ1v) is 42.7. The predicted octanol–water partition coefficient (Wildman–Crippen LogP) is 27.7. The Labute approximate surface area is 768 Å². The Hall–Kier alpha value is -15.4. The molecule has 18 rings (SSSR count). The number of nitrogens with zero attached hydrogens (tertiary/aromatic N) is 11. The molecule has 14 heterocycles. The highest BCUT2D eigenvalue weighted by atomic mass is 32.1. The highest BCUT2D eigenvalue weighted by Gasteiger charge is 2.40. The molecule has 18 aromatic rings. The second kappa shape index (κ2) is 38.6. The summed E-state index contributed by atoms with van der Waals surface area (Å²) < 4.78 is 206. The number of nitrogens with two attached hydrogens (primary N) is 6. The highest BCUT2D eigenvalue weighted by molar-refractivity contribution is 7.24. The van der Waals surface area contributed by atoms with Crippen LogP contribution >= 0.6 is 56.7 Å². The lowest BCUT2D eigenvalue weighted by atomic mass is 10.0. The first-order chi connectivity index (χ1) is 63.2. The smallest absolute Gasteiger partial charge is 0.417 e. The van der Waals surface area contributed by atoms with Crippen LogP contribution in [-0.2, 0) is 24.7 Å². The van der Waals surface area contributed by atoms with Crippen LogP contribution in [0.3, 0.4) is 0 Å². The predicted molar refractivity (Wildman–Crippen MR) is 496 cm³/mol. The summed E-state index contributed by atoms with van der Waals surface area (Å²) in [5.74, 6) is -1.42. The van der Waals surface area contributed by atoms with Gasteiger partial charge >= 0.3 is 30.6 Å². The molecule has 0 aliphatic rings. The fourth-order valence-electron chi connectivity index (χ4n) is 13.4. The Kier molecular flexibility index (Phi) is 27.7. The number of alkyl halides is 14. The molecule has 41 heteroatoms. The van der Waals surface area contributed by atoms with Gasteiger partial charge in [0, 0.05) is 105 Å². The first kappa shape index (κ1) is 96.2. The minimum atomic E-state index is -4.64. The molecule has 0 aliphatic carbocycles. The zero-order valence-electron chi connectivity index (χ0n) is 69.8. The molecule has 134 heavy (non-hydrogen) atoms. The molecule has 21 nitrogen and oxygen atoms in total. The van der Waals surface area contributed by atoms with E-state index in [1.165, 1.54) is 55.8 Å². The standard InChI is InChI=1S/C16H13F3N4S.C16H10F3N3O.C16H9F3N2S.C16H13FN2OS.C15H11F2N3OS.C14H7F3N4S/c1-7-2-4-8(5-3-7)10-6-9(16(17,18)19)11-12(20)13(14(21)22)24-15(11)23-10;1-8-3-5-9(6-4-8)11-7-10(16(17,18)19)12-13(20)15(21-2)23-14(12)22-11;1-9-3-5-10(6-4-9)13-8-12(16(17,18)19)11-7-14(20-2)22-15(11)21-13;1-8-3-4-10(12(17)7-8)13-6-5-11-14(18)15(9(2)20)21-16(11)19-13;1-7(21)13-12(18)11-9(14(16)17)5-10(20-15(11)22-13)8-3-2-4-19-6-8;1-19-13-11(18)10-8(14(15,16)17)5-9(21-12(10)22-13)7-3-2-4-20-6-7/h2-6H,20H2,1H3,(H3,21,22);3-7H,20H2,1H3;3-8H,1H3;3-7H,18H2,1-2H3;2-6,14H,18H2,1H3;2-6H,18H2. The van der Waals surface area contributed by atoms with Crippen molar-refractivity contribution in [3.05, 3.63) is 293 Å². The second-order valence-electron chi connectivity index (χ2n) is 29.3. The molecule has 0 atom stereocenters. The Morgan fingerprint density at radius 2 is 0.821 bits per heavy atom. The third-order valence-corrected chi connectivity index (χ3v) is 25.4. The van der Waals surface area contributed by atoms with Gasteiger partial charge in [0.15, 0.2) is 11.6 Å². The molecule has 678 valence electrons. The summed E-state index contributed by atoms with van der Waals surface area (Å²) in [5, 5.41) is 7.79. The van der Waals surface area contributed by atoms with Crippen molar-refractivity contribution in [3.63, 3.8) is 0 Å². The van der Waals surface area contributed by atoms with Gasteiger partial charge in [0.05, 0.1) is 125 Å². The molecule has 13 N–H and O–H groups in total. The van der Waals surface area contributed by atoms with Crippen LogP contribution in [0.5, 0.6) is 0 Å². The van der Waals surface area contributed by atoms with Gasteiger partial charge in [-0.2, -0.15) is 57.5 Å². The van der Waals surface area contributed by atoms with Crippen molar-refractivity contribution in [2.45, 2.75) is 72.7 Å². The number of carbonyl (C=O) groups excluding carboxylic acids is 2. The summed E-state index contributed by atoms with van der Waals surface area (Å²) in [5.41, 5.74) is 38.9. The third kappa shape index (κ3) is 20.7. The van der Waals surface area contributed by atoms with Crippen LogP contribution in [0, 0.1) is 58.6 Å². The van der Waals surface area contributed by atoms with E-state index in [2.05, 4.69) is 54.4 Å². The summed E-state index contributed by atoms with van der Waals surface area (Å²) in [7, 11) is 0. The van der Waals surface area contributed by atoms with Gasteiger partial charge in [0.25, 0.3) is 11.4 Å². The molecule has 0 spiro atoms. The number of hydrogen-bond donors (Lipinski definition) is 7. The van der Waals surface area contributed by atoms with Crippen molar-refractivity contribution in [3.8, 4) is 67.5 Å². The number of nitrogen functional groups attached to an aromatic ring is 6. The lowest BCUT2D eigenvalue weighted by Gasteiger charge is -2.11. The molecule has 0 saturated heterocycles. The van der Waals surface area contributed by atoms with Gasteiger partial charge in [0.2, 0.25) is 10.7 Å². The molecule has 0 unspecified atom stereocenters. The molecule has 0 saturated carbocycles. The largest absolute Gasteiger partial charge is 0.463 e. The fraction of sp³-hybridized carbons (Fsp3) is 0.118. The monoisotopic (exact) mass is 1920 g/mol. The fourth-order valence-corrected chi connectivity index (χ4v) is 18.2. The van der Waals surface area contributed by atoms with Crippen molar-refractivity contribution in [2.24, 2.45) is 5.73 Å². The topological polar surface area (TPSA) is 343 Å². The summed E-state index contributed by atoms with van der Waals surface area (Å²) >= 11 is 4.99. The maximum absolute atomic E-state index is 14.0. The van der Waals surface area contributed by atoms with Crippen LogP contribution in [-0.4, -0.2) is 57.3 Å². The van der Waals surface area contributed by atoms with E-state index in [4.69, 9.17) is 63.9 Å². The van der Waals surface area contributed by atoms with E-state index in [0.29, 0.717) is 65.0 Å². The van der Waals surface area contributed by atoms with Gasteiger partial charge in [-0.05, 0) is 118 Å². The quantitative estimate of drug-likeness (QED) is 0.0220. The number of amidine groups is 1. The summed E-state index contributed by atoms with van der Waals surface area (Å²) in [6, 6.07) is 42.7. The van der Waals surface area contributed by atoms with Crippen molar-refractivity contribution in [1.82, 2.24) is 39.9 Å². The van der Waals surface area contributed by atoms with E-state index in [9.17, 15) is 75.4 Å². The molecule has 0 fully saturated rings. The van der Waals surface area contributed by atoms with Gasteiger partial charge in [-0.1, -0.05) is 95.6 Å². The molecule has 0 radical (unpaired) electrons. The van der Waals surface area contributed by atoms with E-state index < -0.39 is 53.4 Å². The summed E-state index contributed by atoms with van der Waals surface area (Å²) in [4.78, 5) is 68.3. The Morgan fingerprint density at radius 1 is 0.410 bits per heavy atom. The van der Waals surface area contributed by atoms with Crippen LogP contribution in [0.2, 0.25) is 0 Å². The van der Waals surface area contributed by atoms with Gasteiger partial charge < -0.3 is 38.8 Å². The van der Waals surface area contributed by atoms with Gasteiger partial charge in [-0.15, -0.1) is 56.7 Å². The molecular weight excluding hydrogens is 1860 g/mol. The normalized spacial score (nSPS) is 11.5. The number of nitrogens with one attached hydrogen (secondary N) is 1. The van der Waals surface area contributed by atoms with Crippen LogP contribution in [0.25, 0.3) is 144 Å². The van der Waals surface area contributed by atoms with Crippen molar-refractivity contribution in [2.75, 3.05) is 28.7 Å². The molecular formula is C93H63F15N18O3S5. The highest BCUT2D eigenvalue weighted by Crippen LogP contribution is 2.51. The van der Waals surface area contributed by atoms with Gasteiger partial charge in [-0.25, -0.2) is 52.8 Å². The SMILES string of the molecule is CC(=O)c1sc2nc(-c3ccc(C)cc3F)ccc2c1N.CC(=O)c1sc2nc(-c3cccnc3)cc(C(F)F)c2c1N.Cc1ccc(-c2cc(C(F)(F)F)c3c(N)c(C(=N)N)sc3n2)cc1.[C-]#[N+]c1cc2c(C(F)(F)F)cc(-c3ccc(C)cc3)nc2s1.[C-]#[N+]c1oc2nc(-c3ccc(C)cc3)cc(C(F)(F)F)c2c1N.[C-]#[N+]c1sc2nc(-c3cccnc3)cc(C(F)(F)F)c2c1N.